The second kappa shape index (κ2) is 8.65. The molecule has 2 aromatic carbocycles. The van der Waals surface area contributed by atoms with Gasteiger partial charge in [0.2, 0.25) is 0 Å². The smallest absolute Gasteiger partial charge is 0.191 e. The van der Waals surface area contributed by atoms with Gasteiger partial charge >= 0.3 is 0 Å². The summed E-state index contributed by atoms with van der Waals surface area (Å²) in [5, 5.41) is 8.31. The molecular formula is C20H19ClN4S. The molecule has 0 aliphatic carbocycles. The number of nitrogens with zero attached hydrogens (tertiary/aromatic N) is 2. The van der Waals surface area contributed by atoms with Crippen molar-refractivity contribution >= 4 is 40.8 Å². The molecule has 26 heavy (non-hydrogen) atoms. The van der Waals surface area contributed by atoms with Crippen molar-refractivity contribution in [2.45, 2.75) is 13.5 Å². The van der Waals surface area contributed by atoms with Gasteiger partial charge in [-0.2, -0.15) is 5.10 Å². The van der Waals surface area contributed by atoms with E-state index in [1.54, 1.807) is 12.3 Å². The third kappa shape index (κ3) is 5.18. The van der Waals surface area contributed by atoms with Gasteiger partial charge in [0, 0.05) is 23.5 Å². The lowest BCUT2D eigenvalue weighted by atomic mass is 10.1. The maximum atomic E-state index is 5.96. The number of aromatic nitrogens is 1. The van der Waals surface area contributed by atoms with Crippen LogP contribution in [0, 0.1) is 6.92 Å². The van der Waals surface area contributed by atoms with Gasteiger partial charge in [-0.15, -0.1) is 0 Å². The number of rotatable bonds is 5. The van der Waals surface area contributed by atoms with Crippen molar-refractivity contribution in [3.05, 3.63) is 88.7 Å². The van der Waals surface area contributed by atoms with Gasteiger partial charge < -0.3 is 9.88 Å². The summed E-state index contributed by atoms with van der Waals surface area (Å²) in [6, 6.07) is 19.9. The second-order valence-electron chi connectivity index (χ2n) is 5.88. The van der Waals surface area contributed by atoms with Crippen LogP contribution in [0.25, 0.3) is 0 Å². The zero-order valence-corrected chi connectivity index (χ0v) is 15.9. The van der Waals surface area contributed by atoms with E-state index in [0.717, 1.165) is 17.9 Å². The summed E-state index contributed by atoms with van der Waals surface area (Å²) in [7, 11) is 0. The Morgan fingerprint density at radius 1 is 1.15 bits per heavy atom. The van der Waals surface area contributed by atoms with E-state index in [0.29, 0.717) is 10.1 Å². The van der Waals surface area contributed by atoms with Gasteiger partial charge in [0.25, 0.3) is 0 Å². The average molecular weight is 383 g/mol. The topological polar surface area (TPSA) is 41.4 Å². The fourth-order valence-corrected chi connectivity index (χ4v) is 2.82. The molecule has 0 saturated carbocycles. The summed E-state index contributed by atoms with van der Waals surface area (Å²) in [6.07, 6.45) is 3.78. The van der Waals surface area contributed by atoms with Crippen LogP contribution in [0.1, 0.15) is 16.8 Å². The Balaban J connectivity index is 1.58. The first kappa shape index (κ1) is 18.2. The number of nitrogens with one attached hydrogen (secondary N) is 2. The van der Waals surface area contributed by atoms with Crippen LogP contribution in [0.3, 0.4) is 0 Å². The molecule has 0 unspecified atom stereocenters. The number of aryl methyl sites for hydroxylation is 1. The monoisotopic (exact) mass is 382 g/mol. The van der Waals surface area contributed by atoms with E-state index in [1.807, 2.05) is 36.5 Å². The molecule has 0 radical (unpaired) electrons. The van der Waals surface area contributed by atoms with Crippen molar-refractivity contribution in [1.29, 1.82) is 0 Å². The van der Waals surface area contributed by atoms with Crippen LogP contribution in [0.2, 0.25) is 5.02 Å². The van der Waals surface area contributed by atoms with Crippen molar-refractivity contribution in [1.82, 2.24) is 9.99 Å². The molecule has 0 amide bonds. The Morgan fingerprint density at radius 2 is 1.96 bits per heavy atom. The predicted molar refractivity (Wildman–Crippen MR) is 113 cm³/mol. The largest absolute Gasteiger partial charge is 0.342 e. The summed E-state index contributed by atoms with van der Waals surface area (Å²) >= 11 is 11.2. The Bertz CT molecular complexity index is 916. The Morgan fingerprint density at radius 3 is 2.73 bits per heavy atom. The quantitative estimate of drug-likeness (QED) is 0.377. The molecule has 0 aliphatic rings. The van der Waals surface area contributed by atoms with E-state index in [4.69, 9.17) is 23.8 Å². The molecule has 0 bridgehead atoms. The van der Waals surface area contributed by atoms with E-state index in [2.05, 4.69) is 51.6 Å². The molecule has 3 aromatic rings. The van der Waals surface area contributed by atoms with E-state index < -0.39 is 0 Å². The van der Waals surface area contributed by atoms with Crippen LogP contribution in [0.5, 0.6) is 0 Å². The van der Waals surface area contributed by atoms with Gasteiger partial charge in [0.05, 0.1) is 11.9 Å². The number of hydrazone groups is 1. The van der Waals surface area contributed by atoms with Crippen molar-refractivity contribution in [3.63, 3.8) is 0 Å². The van der Waals surface area contributed by atoms with E-state index >= 15 is 0 Å². The molecule has 0 spiro atoms. The number of benzene rings is 2. The summed E-state index contributed by atoms with van der Waals surface area (Å²) < 4.78 is 2.13. The molecule has 4 nitrogen and oxygen atoms in total. The second-order valence-corrected chi connectivity index (χ2v) is 6.73. The lowest BCUT2D eigenvalue weighted by molar-refractivity contribution is 0.798. The van der Waals surface area contributed by atoms with E-state index in [1.165, 1.54) is 11.1 Å². The van der Waals surface area contributed by atoms with Crippen LogP contribution in [0.15, 0.2) is 72.0 Å². The summed E-state index contributed by atoms with van der Waals surface area (Å²) in [6.45, 7) is 2.88. The number of anilines is 1. The fraction of sp³-hybridized carbons (Fsp3) is 0.100. The minimum absolute atomic E-state index is 0.403. The Labute approximate surface area is 163 Å². The first-order valence-electron chi connectivity index (χ1n) is 8.16. The zero-order valence-electron chi connectivity index (χ0n) is 14.3. The molecule has 1 heterocycles. The van der Waals surface area contributed by atoms with Crippen molar-refractivity contribution in [2.24, 2.45) is 5.10 Å². The van der Waals surface area contributed by atoms with E-state index in [9.17, 15) is 0 Å². The molecule has 2 N–H and O–H groups in total. The molecule has 0 aliphatic heterocycles. The van der Waals surface area contributed by atoms with Gasteiger partial charge in [-0.05, 0) is 55.0 Å². The van der Waals surface area contributed by atoms with Gasteiger partial charge in [0.1, 0.15) is 0 Å². The lowest BCUT2D eigenvalue weighted by Gasteiger charge is -2.08. The summed E-state index contributed by atoms with van der Waals surface area (Å²) in [5.74, 6) is 0. The highest BCUT2D eigenvalue weighted by Crippen LogP contribution is 2.14. The number of halogens is 1. The highest BCUT2D eigenvalue weighted by atomic mass is 35.5. The first-order valence-corrected chi connectivity index (χ1v) is 8.95. The molecule has 0 saturated heterocycles. The van der Waals surface area contributed by atoms with Crippen molar-refractivity contribution in [3.8, 4) is 0 Å². The average Bonchev–Trinajstić information content (AvgIpc) is 3.04. The SMILES string of the molecule is Cc1ccc(Cn2cccc2/C=N/NC(=S)Nc2cccc(Cl)c2)cc1. The van der Waals surface area contributed by atoms with Gasteiger partial charge in [0.15, 0.2) is 5.11 Å². The minimum Gasteiger partial charge on any atom is -0.342 e. The van der Waals surface area contributed by atoms with Crippen LogP contribution in [-0.4, -0.2) is 15.9 Å². The minimum atomic E-state index is 0.403. The molecule has 1 aromatic heterocycles. The number of hydrogen-bond donors (Lipinski definition) is 2. The van der Waals surface area contributed by atoms with Gasteiger partial charge in [-0.1, -0.05) is 47.5 Å². The lowest BCUT2D eigenvalue weighted by Crippen LogP contribution is -2.24. The Kier molecular flexibility index (Phi) is 6.04. The maximum Gasteiger partial charge on any atom is 0.191 e. The third-order valence-corrected chi connectivity index (χ3v) is 4.21. The Hall–Kier alpha value is -2.63. The zero-order chi connectivity index (χ0) is 18.4. The highest BCUT2D eigenvalue weighted by Gasteiger charge is 2.01. The molecular weight excluding hydrogens is 364 g/mol. The number of thiocarbonyl (C=S) groups is 1. The number of hydrogen-bond acceptors (Lipinski definition) is 2. The third-order valence-electron chi connectivity index (χ3n) is 3.78. The molecule has 0 fully saturated rings. The molecule has 132 valence electrons. The summed E-state index contributed by atoms with van der Waals surface area (Å²) in [5.41, 5.74) is 7.12. The highest BCUT2D eigenvalue weighted by molar-refractivity contribution is 7.80. The van der Waals surface area contributed by atoms with Gasteiger partial charge in [-0.25, -0.2) is 0 Å². The van der Waals surface area contributed by atoms with Crippen molar-refractivity contribution in [2.75, 3.05) is 5.32 Å². The molecule has 0 atom stereocenters. The standard InChI is InChI=1S/C20H19ClN4S/c1-15-7-9-16(10-8-15)14-25-11-3-6-19(25)13-22-24-20(26)23-18-5-2-4-17(21)12-18/h2-13H,14H2,1H3,(H2,23,24,26)/b22-13+. The molecule has 6 heteroatoms. The van der Waals surface area contributed by atoms with E-state index in [-0.39, 0.29) is 0 Å². The predicted octanol–water partition coefficient (Wildman–Crippen LogP) is 4.82. The van der Waals surface area contributed by atoms with Crippen LogP contribution < -0.4 is 10.7 Å². The van der Waals surface area contributed by atoms with Gasteiger partial charge in [-0.3, -0.25) is 5.43 Å². The first-order chi connectivity index (χ1) is 12.6. The summed E-state index contributed by atoms with van der Waals surface area (Å²) in [4.78, 5) is 0. The van der Waals surface area contributed by atoms with Crippen molar-refractivity contribution < 1.29 is 0 Å². The van der Waals surface area contributed by atoms with Crippen LogP contribution in [-0.2, 0) is 6.54 Å². The van der Waals surface area contributed by atoms with Crippen LogP contribution >= 0.6 is 23.8 Å². The molecule has 3 rings (SSSR count). The maximum absolute atomic E-state index is 5.96. The van der Waals surface area contributed by atoms with Crippen LogP contribution in [0.4, 0.5) is 5.69 Å². The fourth-order valence-electron chi connectivity index (χ4n) is 2.46. The normalized spacial score (nSPS) is 10.8.